The number of amides is 2. The lowest BCUT2D eigenvalue weighted by molar-refractivity contribution is -0.140. The number of hydrogen-bond donors (Lipinski definition) is 4. The summed E-state index contributed by atoms with van der Waals surface area (Å²) in [4.78, 5) is 33.7. The number of aromatic nitrogens is 5. The van der Waals surface area contributed by atoms with Crippen LogP contribution >= 0.6 is 11.6 Å². The predicted octanol–water partition coefficient (Wildman–Crippen LogP) is 3.45. The zero-order valence-corrected chi connectivity index (χ0v) is 22.5. The number of alkyl halides is 3. The molecule has 0 spiro atoms. The van der Waals surface area contributed by atoms with E-state index in [9.17, 15) is 28.0 Å². The average Bonchev–Trinajstić information content (AvgIpc) is 3.41. The first-order valence-corrected chi connectivity index (χ1v) is 13.1. The van der Waals surface area contributed by atoms with Crippen molar-refractivity contribution in [1.29, 1.82) is 0 Å². The Morgan fingerprint density at radius 1 is 1.07 bits per heavy atom. The van der Waals surface area contributed by atoms with Gasteiger partial charge in [-0.15, -0.1) is 0 Å². The van der Waals surface area contributed by atoms with E-state index < -0.39 is 17.8 Å². The van der Waals surface area contributed by atoms with Gasteiger partial charge in [0, 0.05) is 43.8 Å². The summed E-state index contributed by atoms with van der Waals surface area (Å²) in [5.74, 6) is -0.292. The summed E-state index contributed by atoms with van der Waals surface area (Å²) in [6.07, 6.45) is -1.43. The second kappa shape index (κ2) is 10.4. The number of halogens is 4. The van der Waals surface area contributed by atoms with Gasteiger partial charge in [0.1, 0.15) is 0 Å². The Bertz CT molecular complexity index is 1680. The van der Waals surface area contributed by atoms with E-state index in [-0.39, 0.29) is 56.8 Å². The van der Waals surface area contributed by atoms with Crippen LogP contribution in [0.15, 0.2) is 48.9 Å². The van der Waals surface area contributed by atoms with Crippen molar-refractivity contribution in [2.75, 3.05) is 23.9 Å². The molecule has 1 aliphatic carbocycles. The summed E-state index contributed by atoms with van der Waals surface area (Å²) < 4.78 is 43.9. The monoisotopic (exact) mass is 600 g/mol. The van der Waals surface area contributed by atoms with Crippen LogP contribution in [0.3, 0.4) is 0 Å². The van der Waals surface area contributed by atoms with Gasteiger partial charge in [-0.25, -0.2) is 14.6 Å². The molecule has 2 unspecified atom stereocenters. The van der Waals surface area contributed by atoms with Crippen LogP contribution in [-0.4, -0.2) is 55.3 Å². The minimum absolute atomic E-state index is 0.0262. The third kappa shape index (κ3) is 5.06. The molecule has 0 bridgehead atoms. The first-order chi connectivity index (χ1) is 20.0. The van der Waals surface area contributed by atoms with E-state index >= 15 is 0 Å². The maximum atomic E-state index is 13.9. The number of nitrogens with zero attached hydrogens (tertiary/aromatic N) is 5. The number of fused-ring (bicyclic) bond motifs is 1. The minimum atomic E-state index is -4.83. The van der Waals surface area contributed by atoms with Crippen LogP contribution in [0.5, 0.6) is 0 Å². The average molecular weight is 601 g/mol. The molecule has 4 heterocycles. The third-order valence-corrected chi connectivity index (χ3v) is 7.72. The van der Waals surface area contributed by atoms with Crippen molar-refractivity contribution < 1.29 is 22.8 Å². The number of carbonyl (C=O) groups excluding carboxylic acids is 2. The number of nitrogens with one attached hydrogen (secondary N) is 4. The number of piperidine rings is 1. The molecule has 218 valence electrons. The van der Waals surface area contributed by atoms with Crippen LogP contribution in [0.4, 0.5) is 24.5 Å². The van der Waals surface area contributed by atoms with Gasteiger partial charge in [-0.1, -0.05) is 11.6 Å². The molecular formula is C26H22ClF3N9O3-. The molecule has 2 amide bonds. The van der Waals surface area contributed by atoms with Crippen molar-refractivity contribution in [3.63, 3.8) is 0 Å². The molecule has 4 N–H and O–H groups in total. The smallest absolute Gasteiger partial charge is 0.435 e. The Kier molecular flexibility index (Phi) is 6.87. The molecule has 1 aromatic carbocycles. The molecule has 0 radical (unpaired) electrons. The topological polar surface area (TPSA) is 154 Å². The highest BCUT2D eigenvalue weighted by Gasteiger charge is 2.53. The van der Waals surface area contributed by atoms with E-state index in [1.54, 1.807) is 5.48 Å². The van der Waals surface area contributed by atoms with Crippen molar-refractivity contribution in [2.24, 2.45) is 18.9 Å². The van der Waals surface area contributed by atoms with Crippen molar-refractivity contribution >= 4 is 34.8 Å². The van der Waals surface area contributed by atoms with Gasteiger partial charge in [-0.2, -0.15) is 18.3 Å². The van der Waals surface area contributed by atoms with E-state index in [2.05, 4.69) is 31.0 Å². The normalized spacial score (nSPS) is 19.3. The highest BCUT2D eigenvalue weighted by molar-refractivity contribution is 6.34. The van der Waals surface area contributed by atoms with E-state index in [1.165, 1.54) is 41.9 Å². The molecule has 2 atom stereocenters. The number of anilines is 2. The predicted molar refractivity (Wildman–Crippen MR) is 146 cm³/mol. The lowest BCUT2D eigenvalue weighted by atomic mass is 10.2. The number of carbonyl (C=O) groups is 2. The Morgan fingerprint density at radius 2 is 1.81 bits per heavy atom. The molecule has 3 aromatic heterocycles. The number of rotatable bonds is 7. The fraction of sp³-hybridized carbons (Fsp3) is 0.269. The van der Waals surface area contributed by atoms with E-state index in [4.69, 9.17) is 11.6 Å². The maximum absolute atomic E-state index is 13.9. The molecule has 6 rings (SSSR count). The fourth-order valence-electron chi connectivity index (χ4n) is 5.17. The number of hydrogen-bond acceptors (Lipinski definition) is 8. The highest BCUT2D eigenvalue weighted by atomic mass is 35.5. The molecule has 16 heteroatoms. The number of pyridine rings is 1. The first kappa shape index (κ1) is 27.7. The minimum Gasteiger partial charge on any atom is -0.761 e. The molecule has 12 nitrogen and oxygen atoms in total. The highest BCUT2D eigenvalue weighted by Crippen LogP contribution is 2.42. The van der Waals surface area contributed by atoms with E-state index in [1.807, 2.05) is 0 Å². The maximum Gasteiger partial charge on any atom is 0.435 e. The van der Waals surface area contributed by atoms with Gasteiger partial charge in [0.15, 0.2) is 17.3 Å². The third-order valence-electron chi connectivity index (χ3n) is 7.41. The van der Waals surface area contributed by atoms with E-state index in [0.29, 0.717) is 11.8 Å². The molecule has 42 heavy (non-hydrogen) atoms. The van der Waals surface area contributed by atoms with Crippen molar-refractivity contribution in [1.82, 2.24) is 34.9 Å². The fourth-order valence-corrected chi connectivity index (χ4v) is 5.43. The van der Waals surface area contributed by atoms with Crippen molar-refractivity contribution in [2.45, 2.75) is 12.2 Å². The van der Waals surface area contributed by atoms with Crippen LogP contribution < -0.4 is 21.4 Å². The Morgan fingerprint density at radius 3 is 2.45 bits per heavy atom. The SMILES string of the molecule is Cn1c(-c2cn(-c3ccc(N[O-])cn3)nc2C(F)(F)F)cnc1C(=O)Nc1ccc(C(=O)NC2C3CNCC32)c(Cl)c1. The summed E-state index contributed by atoms with van der Waals surface area (Å²) >= 11 is 6.34. The Labute approximate surface area is 240 Å². The molecular weight excluding hydrogens is 579 g/mol. The second-order valence-corrected chi connectivity index (χ2v) is 10.4. The summed E-state index contributed by atoms with van der Waals surface area (Å²) in [6, 6.07) is 7.20. The lowest BCUT2D eigenvalue weighted by Gasteiger charge is -2.11. The Hall–Kier alpha value is -4.47. The first-order valence-electron chi connectivity index (χ1n) is 12.7. The standard InChI is InChI=1S/C26H22ClF3N9O3/c1-38-19(17-11-39(36-22(17)26(28,29)30)20-5-3-13(37-42)7-32-20)10-33-23(38)25(41)34-12-2-4-14(18(27)6-12)24(40)35-21-15-8-31-9-16(15)21/h2-7,10-11,15-16,21,31,37H,8-9H2,1H3,(H,34,41)(H,35,40)/q-1. The van der Waals surface area contributed by atoms with Gasteiger partial charge in [-0.05, 0) is 42.2 Å². The van der Waals surface area contributed by atoms with Crippen molar-refractivity contribution in [3.8, 4) is 17.1 Å². The largest absolute Gasteiger partial charge is 0.761 e. The molecule has 1 aliphatic heterocycles. The lowest BCUT2D eigenvalue weighted by Crippen LogP contribution is -2.32. The molecule has 2 aliphatic rings. The van der Waals surface area contributed by atoms with E-state index in [0.717, 1.165) is 36.4 Å². The van der Waals surface area contributed by atoms with Gasteiger partial charge in [0.2, 0.25) is 0 Å². The van der Waals surface area contributed by atoms with Crippen LogP contribution in [0.25, 0.3) is 17.1 Å². The summed E-state index contributed by atoms with van der Waals surface area (Å²) in [5.41, 5.74) is 0.722. The second-order valence-electron chi connectivity index (χ2n) is 10.0. The molecule has 2 fully saturated rings. The zero-order chi connectivity index (χ0) is 29.8. The number of benzene rings is 1. The van der Waals surface area contributed by atoms with Crippen LogP contribution in [-0.2, 0) is 13.2 Å². The van der Waals surface area contributed by atoms with Gasteiger partial charge in [0.05, 0.1) is 34.2 Å². The Balaban J connectivity index is 1.21. The molecule has 1 saturated carbocycles. The quantitative estimate of drug-likeness (QED) is 0.235. The molecule has 4 aromatic rings. The number of imidazole rings is 1. The summed E-state index contributed by atoms with van der Waals surface area (Å²) in [5, 5.41) is 23.4. The van der Waals surface area contributed by atoms with Crippen LogP contribution in [0.2, 0.25) is 5.02 Å². The molecule has 1 saturated heterocycles. The van der Waals surface area contributed by atoms with Crippen LogP contribution in [0.1, 0.15) is 26.7 Å². The van der Waals surface area contributed by atoms with Gasteiger partial charge in [-0.3, -0.25) is 9.59 Å². The van der Waals surface area contributed by atoms with Gasteiger partial charge < -0.3 is 31.2 Å². The van der Waals surface area contributed by atoms with Crippen molar-refractivity contribution in [3.05, 3.63) is 76.2 Å². The van der Waals surface area contributed by atoms with Gasteiger partial charge in [0.25, 0.3) is 11.8 Å². The summed E-state index contributed by atoms with van der Waals surface area (Å²) in [6.45, 7) is 1.74. The zero-order valence-electron chi connectivity index (χ0n) is 21.7. The summed E-state index contributed by atoms with van der Waals surface area (Å²) in [7, 11) is 1.39. The van der Waals surface area contributed by atoms with Gasteiger partial charge >= 0.3 is 6.18 Å². The van der Waals surface area contributed by atoms with Crippen LogP contribution in [0, 0.1) is 17.0 Å².